The number of hydrogen-bond donors (Lipinski definition) is 2. The molecule has 20 heavy (non-hydrogen) atoms. The summed E-state index contributed by atoms with van der Waals surface area (Å²) < 4.78 is 0. The lowest BCUT2D eigenvalue weighted by Crippen LogP contribution is -2.10. The molecule has 0 aromatic carbocycles. The van der Waals surface area contributed by atoms with Crippen LogP contribution in [0.3, 0.4) is 0 Å². The summed E-state index contributed by atoms with van der Waals surface area (Å²) in [5.41, 5.74) is 0. The molecule has 1 heterocycles. The summed E-state index contributed by atoms with van der Waals surface area (Å²) in [6.45, 7) is 6.03. The highest BCUT2D eigenvalue weighted by molar-refractivity contribution is 6.28. The second kappa shape index (κ2) is 10.7. The van der Waals surface area contributed by atoms with E-state index >= 15 is 0 Å². The van der Waals surface area contributed by atoms with Crippen LogP contribution in [0, 0.1) is 0 Å². The molecule has 1 rings (SSSR count). The maximum Gasteiger partial charge on any atom is 0.228 e. The maximum absolute atomic E-state index is 5.88. The summed E-state index contributed by atoms with van der Waals surface area (Å²) >= 11 is 5.88. The van der Waals surface area contributed by atoms with Gasteiger partial charge < -0.3 is 10.6 Å². The SMILES string of the molecule is CCCCCCCCNc1nc(Cl)nc(NCCC)n1. The summed E-state index contributed by atoms with van der Waals surface area (Å²) in [7, 11) is 0. The maximum atomic E-state index is 5.88. The third-order valence-corrected chi connectivity index (χ3v) is 3.12. The van der Waals surface area contributed by atoms with Gasteiger partial charge in [0.2, 0.25) is 17.2 Å². The van der Waals surface area contributed by atoms with E-state index in [9.17, 15) is 0 Å². The van der Waals surface area contributed by atoms with E-state index in [1.165, 1.54) is 32.1 Å². The van der Waals surface area contributed by atoms with Gasteiger partial charge >= 0.3 is 0 Å². The largest absolute Gasteiger partial charge is 0.354 e. The molecule has 2 N–H and O–H groups in total. The quantitative estimate of drug-likeness (QED) is 0.602. The van der Waals surface area contributed by atoms with Gasteiger partial charge in [0.1, 0.15) is 0 Å². The summed E-state index contributed by atoms with van der Waals surface area (Å²) in [6, 6.07) is 0. The molecule has 0 aliphatic carbocycles. The molecule has 0 bridgehead atoms. The van der Waals surface area contributed by atoms with Crippen LogP contribution in [0.5, 0.6) is 0 Å². The van der Waals surface area contributed by atoms with Crippen LogP contribution in [0.4, 0.5) is 11.9 Å². The smallest absolute Gasteiger partial charge is 0.228 e. The number of unbranched alkanes of at least 4 members (excludes halogenated alkanes) is 5. The molecule has 0 amide bonds. The summed E-state index contributed by atoms with van der Waals surface area (Å²) in [6.07, 6.45) is 8.65. The Kier molecular flexibility index (Phi) is 9.04. The van der Waals surface area contributed by atoms with Crippen molar-refractivity contribution in [2.24, 2.45) is 0 Å². The van der Waals surface area contributed by atoms with Crippen molar-refractivity contribution < 1.29 is 0 Å². The molecule has 1 aromatic heterocycles. The van der Waals surface area contributed by atoms with Crippen LogP contribution in [0.15, 0.2) is 0 Å². The van der Waals surface area contributed by atoms with E-state index < -0.39 is 0 Å². The molecule has 0 atom stereocenters. The first kappa shape index (κ1) is 17.0. The topological polar surface area (TPSA) is 62.7 Å². The third kappa shape index (κ3) is 7.48. The van der Waals surface area contributed by atoms with Crippen LogP contribution in [-0.2, 0) is 0 Å². The Hall–Kier alpha value is -1.10. The molecule has 0 saturated heterocycles. The van der Waals surface area contributed by atoms with Crippen LogP contribution in [0.2, 0.25) is 5.28 Å². The molecular formula is C14H26ClN5. The molecule has 0 aliphatic rings. The zero-order valence-electron chi connectivity index (χ0n) is 12.6. The van der Waals surface area contributed by atoms with Gasteiger partial charge in [-0.15, -0.1) is 0 Å². The Bertz CT molecular complexity index is 373. The highest BCUT2D eigenvalue weighted by Gasteiger charge is 2.03. The van der Waals surface area contributed by atoms with Gasteiger partial charge in [-0.1, -0.05) is 46.0 Å². The minimum absolute atomic E-state index is 0.226. The molecule has 1 aromatic rings. The average Bonchev–Trinajstić information content (AvgIpc) is 2.43. The zero-order valence-corrected chi connectivity index (χ0v) is 13.3. The lowest BCUT2D eigenvalue weighted by Gasteiger charge is -2.07. The van der Waals surface area contributed by atoms with Gasteiger partial charge in [-0.2, -0.15) is 15.0 Å². The van der Waals surface area contributed by atoms with Gasteiger partial charge in [-0.3, -0.25) is 0 Å². The molecule has 0 unspecified atom stereocenters. The van der Waals surface area contributed by atoms with E-state index in [1.54, 1.807) is 0 Å². The van der Waals surface area contributed by atoms with Gasteiger partial charge in [-0.05, 0) is 24.4 Å². The molecule has 0 aliphatic heterocycles. The fourth-order valence-corrected chi connectivity index (χ4v) is 2.01. The summed E-state index contributed by atoms with van der Waals surface area (Å²) in [5, 5.41) is 6.55. The number of aromatic nitrogens is 3. The van der Waals surface area contributed by atoms with Crippen molar-refractivity contribution in [1.82, 2.24) is 15.0 Å². The second-order valence-electron chi connectivity index (χ2n) is 4.87. The number of halogens is 1. The highest BCUT2D eigenvalue weighted by Crippen LogP contribution is 2.10. The lowest BCUT2D eigenvalue weighted by molar-refractivity contribution is 0.616. The normalized spacial score (nSPS) is 10.6. The van der Waals surface area contributed by atoms with Crippen LogP contribution in [0.25, 0.3) is 0 Å². The van der Waals surface area contributed by atoms with Crippen LogP contribution >= 0.6 is 11.6 Å². The average molecular weight is 300 g/mol. The Labute approximate surface area is 127 Å². The Morgan fingerprint density at radius 1 is 0.750 bits per heavy atom. The first-order chi connectivity index (χ1) is 9.76. The molecule has 0 radical (unpaired) electrons. The van der Waals surface area contributed by atoms with Crippen molar-refractivity contribution in [3.8, 4) is 0 Å². The van der Waals surface area contributed by atoms with E-state index in [0.717, 1.165) is 25.9 Å². The number of nitrogens with zero attached hydrogens (tertiary/aromatic N) is 3. The van der Waals surface area contributed by atoms with Gasteiger partial charge in [0.05, 0.1) is 0 Å². The molecule has 0 spiro atoms. The summed E-state index contributed by atoms with van der Waals surface area (Å²) in [4.78, 5) is 12.4. The molecule has 0 fully saturated rings. The van der Waals surface area contributed by atoms with Gasteiger partial charge in [0.15, 0.2) is 0 Å². The lowest BCUT2D eigenvalue weighted by atomic mass is 10.1. The summed E-state index contributed by atoms with van der Waals surface area (Å²) in [5.74, 6) is 1.09. The van der Waals surface area contributed by atoms with E-state index in [2.05, 4.69) is 39.4 Å². The minimum Gasteiger partial charge on any atom is -0.354 e. The van der Waals surface area contributed by atoms with E-state index in [4.69, 9.17) is 11.6 Å². The van der Waals surface area contributed by atoms with Crippen molar-refractivity contribution in [1.29, 1.82) is 0 Å². The standard InChI is InChI=1S/C14H26ClN5/c1-3-5-6-7-8-9-11-17-14-19-12(15)18-13(20-14)16-10-4-2/h3-11H2,1-2H3,(H2,16,17,18,19,20). The number of rotatable bonds is 11. The highest BCUT2D eigenvalue weighted by atomic mass is 35.5. The van der Waals surface area contributed by atoms with Gasteiger partial charge in [0, 0.05) is 13.1 Å². The monoisotopic (exact) mass is 299 g/mol. The van der Waals surface area contributed by atoms with Crippen LogP contribution < -0.4 is 10.6 Å². The van der Waals surface area contributed by atoms with E-state index in [1.807, 2.05) is 0 Å². The minimum atomic E-state index is 0.226. The first-order valence-electron chi connectivity index (χ1n) is 7.65. The molecule has 6 heteroatoms. The molecular weight excluding hydrogens is 274 g/mol. The number of hydrogen-bond acceptors (Lipinski definition) is 5. The van der Waals surface area contributed by atoms with Crippen LogP contribution in [0.1, 0.15) is 58.8 Å². The molecule has 5 nitrogen and oxygen atoms in total. The predicted octanol–water partition coefficient (Wildman–Crippen LogP) is 4.12. The second-order valence-corrected chi connectivity index (χ2v) is 5.21. The van der Waals surface area contributed by atoms with E-state index in [0.29, 0.717) is 11.9 Å². The van der Waals surface area contributed by atoms with Gasteiger partial charge in [0.25, 0.3) is 0 Å². The van der Waals surface area contributed by atoms with Crippen molar-refractivity contribution in [2.75, 3.05) is 23.7 Å². The third-order valence-electron chi connectivity index (χ3n) is 2.95. The predicted molar refractivity (Wildman–Crippen MR) is 85.5 cm³/mol. The number of nitrogens with one attached hydrogen (secondary N) is 2. The first-order valence-corrected chi connectivity index (χ1v) is 8.03. The van der Waals surface area contributed by atoms with Crippen LogP contribution in [-0.4, -0.2) is 28.0 Å². The van der Waals surface area contributed by atoms with Crippen molar-refractivity contribution >= 4 is 23.5 Å². The number of anilines is 2. The van der Waals surface area contributed by atoms with Crippen molar-refractivity contribution in [2.45, 2.75) is 58.8 Å². The molecule has 0 saturated carbocycles. The van der Waals surface area contributed by atoms with Crippen molar-refractivity contribution in [3.63, 3.8) is 0 Å². The Balaban J connectivity index is 2.26. The Morgan fingerprint density at radius 2 is 1.35 bits per heavy atom. The Morgan fingerprint density at radius 3 is 2.00 bits per heavy atom. The van der Waals surface area contributed by atoms with Gasteiger partial charge in [-0.25, -0.2) is 0 Å². The zero-order chi connectivity index (χ0) is 14.6. The fraction of sp³-hybridized carbons (Fsp3) is 0.786. The molecule has 114 valence electrons. The van der Waals surface area contributed by atoms with Crippen molar-refractivity contribution in [3.05, 3.63) is 5.28 Å². The van der Waals surface area contributed by atoms with E-state index in [-0.39, 0.29) is 5.28 Å². The fourth-order valence-electron chi connectivity index (χ4n) is 1.85.